The Labute approximate surface area is 107 Å². The Kier molecular flexibility index (Phi) is 4.01. The summed E-state index contributed by atoms with van der Waals surface area (Å²) in [6, 6.07) is 5.83. The number of rotatable bonds is 2. The first-order chi connectivity index (χ1) is 8.72. The third-order valence-electron chi connectivity index (χ3n) is 3.32. The fraction of sp³-hybridized carbons (Fsp3) is 0.400. The summed E-state index contributed by atoms with van der Waals surface area (Å²) in [5, 5.41) is 11.7. The maximum absolute atomic E-state index is 12.1. The molecular weight excluding hydrogens is 226 g/mol. The van der Waals surface area contributed by atoms with Gasteiger partial charge in [-0.2, -0.15) is 0 Å². The lowest BCUT2D eigenvalue weighted by atomic mass is 9.92. The molecule has 3 heteroatoms. The average Bonchev–Trinajstić information content (AvgIpc) is 2.32. The summed E-state index contributed by atoms with van der Waals surface area (Å²) in [5.74, 6) is 5.44. The van der Waals surface area contributed by atoms with Crippen molar-refractivity contribution in [3.05, 3.63) is 34.9 Å². The van der Waals surface area contributed by atoms with Crippen LogP contribution in [-0.2, 0) is 0 Å². The maximum Gasteiger partial charge on any atom is 0.251 e. The molecule has 1 fully saturated rings. The van der Waals surface area contributed by atoms with Crippen LogP contribution in [0.25, 0.3) is 0 Å². The molecule has 1 aliphatic carbocycles. The number of benzene rings is 1. The van der Waals surface area contributed by atoms with Gasteiger partial charge in [0.15, 0.2) is 0 Å². The molecule has 0 heterocycles. The van der Waals surface area contributed by atoms with Gasteiger partial charge in [-0.3, -0.25) is 4.79 Å². The molecule has 1 aliphatic rings. The van der Waals surface area contributed by atoms with Gasteiger partial charge in [0.25, 0.3) is 5.91 Å². The fourth-order valence-corrected chi connectivity index (χ4v) is 1.97. The van der Waals surface area contributed by atoms with Crippen LogP contribution in [0.3, 0.4) is 0 Å². The number of nitrogens with one attached hydrogen (secondary N) is 1. The van der Waals surface area contributed by atoms with Crippen LogP contribution in [0.15, 0.2) is 18.2 Å². The zero-order chi connectivity index (χ0) is 13.0. The van der Waals surface area contributed by atoms with Crippen LogP contribution in [0.5, 0.6) is 0 Å². The molecule has 0 spiro atoms. The van der Waals surface area contributed by atoms with Crippen molar-refractivity contribution in [1.29, 1.82) is 0 Å². The lowest BCUT2D eigenvalue weighted by Gasteiger charge is -2.26. The Morgan fingerprint density at radius 3 is 2.89 bits per heavy atom. The second-order valence-corrected chi connectivity index (χ2v) is 4.54. The van der Waals surface area contributed by atoms with E-state index in [2.05, 4.69) is 17.2 Å². The quantitative estimate of drug-likeness (QED) is 0.775. The number of hydrogen-bond donors (Lipinski definition) is 2. The van der Waals surface area contributed by atoms with Crippen molar-refractivity contribution in [1.82, 2.24) is 5.32 Å². The molecule has 0 saturated heterocycles. The van der Waals surface area contributed by atoms with E-state index in [-0.39, 0.29) is 12.5 Å². The van der Waals surface area contributed by atoms with Crippen LogP contribution in [-0.4, -0.2) is 23.7 Å². The number of amides is 1. The summed E-state index contributed by atoms with van der Waals surface area (Å²) in [6.07, 6.45) is 3.36. The molecular formula is C15H17NO2. The van der Waals surface area contributed by atoms with E-state index in [9.17, 15) is 4.79 Å². The molecule has 0 unspecified atom stereocenters. The Hall–Kier alpha value is -1.79. The van der Waals surface area contributed by atoms with E-state index in [0.29, 0.717) is 11.6 Å². The van der Waals surface area contributed by atoms with E-state index in [4.69, 9.17) is 5.11 Å². The second-order valence-electron chi connectivity index (χ2n) is 4.54. The van der Waals surface area contributed by atoms with Crippen LogP contribution in [0.4, 0.5) is 0 Å². The molecule has 94 valence electrons. The molecule has 2 N–H and O–H groups in total. The Morgan fingerprint density at radius 2 is 2.28 bits per heavy atom. The Balaban J connectivity index is 2.18. The Bertz CT molecular complexity index is 507. The highest BCUT2D eigenvalue weighted by Gasteiger charge is 2.21. The smallest absolute Gasteiger partial charge is 0.251 e. The monoisotopic (exact) mass is 243 g/mol. The molecule has 0 aromatic heterocycles. The van der Waals surface area contributed by atoms with Gasteiger partial charge in [-0.15, -0.1) is 0 Å². The van der Waals surface area contributed by atoms with Gasteiger partial charge in [-0.25, -0.2) is 0 Å². The summed E-state index contributed by atoms with van der Waals surface area (Å²) in [6.45, 7) is 1.72. The van der Waals surface area contributed by atoms with Crippen LogP contribution < -0.4 is 5.32 Å². The predicted octanol–water partition coefficient (Wildman–Crippen LogP) is 1.62. The van der Waals surface area contributed by atoms with Crippen LogP contribution >= 0.6 is 0 Å². The molecule has 1 aromatic rings. The molecule has 1 amide bonds. The number of carbonyl (C=O) groups excluding carboxylic acids is 1. The summed E-state index contributed by atoms with van der Waals surface area (Å²) in [7, 11) is 0. The summed E-state index contributed by atoms with van der Waals surface area (Å²) in [5.41, 5.74) is 2.34. The highest BCUT2D eigenvalue weighted by molar-refractivity contribution is 5.96. The standard InChI is InChI=1S/C15H17NO2/c1-11-12(6-4-10-17)5-2-9-14(11)15(18)16-13-7-3-8-13/h2,5,9,13,17H,3,7-8,10H2,1H3,(H,16,18). The first-order valence-electron chi connectivity index (χ1n) is 6.22. The third-order valence-corrected chi connectivity index (χ3v) is 3.32. The van der Waals surface area contributed by atoms with Crippen molar-refractivity contribution in [3.8, 4) is 11.8 Å². The van der Waals surface area contributed by atoms with Crippen LogP contribution in [0.1, 0.15) is 40.7 Å². The molecule has 1 aromatic carbocycles. The van der Waals surface area contributed by atoms with Crippen molar-refractivity contribution in [2.24, 2.45) is 0 Å². The third kappa shape index (κ3) is 2.72. The first kappa shape index (κ1) is 12.7. The topological polar surface area (TPSA) is 49.3 Å². The van der Waals surface area contributed by atoms with E-state index in [1.807, 2.05) is 25.1 Å². The van der Waals surface area contributed by atoms with Crippen molar-refractivity contribution >= 4 is 5.91 Å². The average molecular weight is 243 g/mol. The lowest BCUT2D eigenvalue weighted by molar-refractivity contribution is 0.0916. The van der Waals surface area contributed by atoms with Gasteiger partial charge in [0.05, 0.1) is 0 Å². The largest absolute Gasteiger partial charge is 0.384 e. The molecule has 18 heavy (non-hydrogen) atoms. The van der Waals surface area contributed by atoms with Gasteiger partial charge < -0.3 is 10.4 Å². The summed E-state index contributed by atoms with van der Waals surface area (Å²) >= 11 is 0. The van der Waals surface area contributed by atoms with Gasteiger partial charge in [0.2, 0.25) is 0 Å². The zero-order valence-corrected chi connectivity index (χ0v) is 10.5. The minimum absolute atomic E-state index is 0.0233. The van der Waals surface area contributed by atoms with Gasteiger partial charge >= 0.3 is 0 Å². The van der Waals surface area contributed by atoms with E-state index in [1.165, 1.54) is 6.42 Å². The minimum Gasteiger partial charge on any atom is -0.384 e. The van der Waals surface area contributed by atoms with Crippen LogP contribution in [0.2, 0.25) is 0 Å². The molecule has 3 nitrogen and oxygen atoms in total. The number of aliphatic hydroxyl groups is 1. The SMILES string of the molecule is Cc1c(C#CCO)cccc1C(=O)NC1CCC1. The predicted molar refractivity (Wildman–Crippen MR) is 70.2 cm³/mol. The van der Waals surface area contributed by atoms with E-state index >= 15 is 0 Å². The minimum atomic E-state index is -0.169. The van der Waals surface area contributed by atoms with E-state index in [0.717, 1.165) is 24.0 Å². The van der Waals surface area contributed by atoms with Crippen molar-refractivity contribution < 1.29 is 9.90 Å². The van der Waals surface area contributed by atoms with E-state index in [1.54, 1.807) is 0 Å². The number of aliphatic hydroxyl groups excluding tert-OH is 1. The highest BCUT2D eigenvalue weighted by atomic mass is 16.2. The molecule has 0 atom stereocenters. The summed E-state index contributed by atoms with van der Waals surface area (Å²) in [4.78, 5) is 12.1. The van der Waals surface area contributed by atoms with Crippen molar-refractivity contribution in [2.75, 3.05) is 6.61 Å². The summed E-state index contributed by atoms with van der Waals surface area (Å²) < 4.78 is 0. The second kappa shape index (κ2) is 5.70. The van der Waals surface area contributed by atoms with E-state index < -0.39 is 0 Å². The molecule has 1 saturated carbocycles. The van der Waals surface area contributed by atoms with Gasteiger partial charge in [-0.05, 0) is 43.9 Å². The highest BCUT2D eigenvalue weighted by Crippen LogP contribution is 2.19. The molecule has 0 bridgehead atoms. The molecule has 2 rings (SSSR count). The van der Waals surface area contributed by atoms with Gasteiger partial charge in [-0.1, -0.05) is 17.9 Å². The number of hydrogen-bond acceptors (Lipinski definition) is 2. The van der Waals surface area contributed by atoms with Crippen LogP contribution in [0, 0.1) is 18.8 Å². The Morgan fingerprint density at radius 1 is 1.50 bits per heavy atom. The molecule has 0 aliphatic heterocycles. The van der Waals surface area contributed by atoms with Crippen molar-refractivity contribution in [3.63, 3.8) is 0 Å². The zero-order valence-electron chi connectivity index (χ0n) is 10.5. The van der Waals surface area contributed by atoms with Crippen molar-refractivity contribution in [2.45, 2.75) is 32.2 Å². The van der Waals surface area contributed by atoms with Gasteiger partial charge in [0.1, 0.15) is 6.61 Å². The number of carbonyl (C=O) groups is 1. The molecule has 0 radical (unpaired) electrons. The normalized spacial score (nSPS) is 14.3. The first-order valence-corrected chi connectivity index (χ1v) is 6.22. The lowest BCUT2D eigenvalue weighted by Crippen LogP contribution is -2.39. The van der Waals surface area contributed by atoms with Gasteiger partial charge in [0, 0.05) is 17.2 Å². The fourth-order valence-electron chi connectivity index (χ4n) is 1.97. The maximum atomic E-state index is 12.1.